The van der Waals surface area contributed by atoms with Gasteiger partial charge in [-0.3, -0.25) is 14.4 Å². The molecule has 7 nitrogen and oxygen atoms in total. The summed E-state index contributed by atoms with van der Waals surface area (Å²) in [5.74, 6) is -2.05. The Labute approximate surface area is 159 Å². The number of fused-ring (bicyclic) bond motifs is 1. The van der Waals surface area contributed by atoms with Crippen LogP contribution >= 0.6 is 11.6 Å². The maximum atomic E-state index is 12.9. The zero-order valence-electron chi connectivity index (χ0n) is 14.1. The van der Waals surface area contributed by atoms with Gasteiger partial charge >= 0.3 is 0 Å². The van der Waals surface area contributed by atoms with Crippen molar-refractivity contribution in [2.75, 3.05) is 12.0 Å². The van der Waals surface area contributed by atoms with Crippen LogP contribution < -0.4 is 9.64 Å². The van der Waals surface area contributed by atoms with Gasteiger partial charge in [0, 0.05) is 10.6 Å². The van der Waals surface area contributed by atoms with Gasteiger partial charge in [0.1, 0.15) is 17.4 Å². The molecule has 2 aromatic carbocycles. The smallest absolute Gasteiger partial charge is 0.278 e. The number of imide groups is 1. The van der Waals surface area contributed by atoms with Crippen LogP contribution in [-0.2, 0) is 14.4 Å². The number of hydrogen-bond acceptors (Lipinski definition) is 6. The van der Waals surface area contributed by atoms with Crippen LogP contribution in [0.1, 0.15) is 10.4 Å². The van der Waals surface area contributed by atoms with Crippen molar-refractivity contribution in [1.29, 1.82) is 0 Å². The van der Waals surface area contributed by atoms with Gasteiger partial charge in [0.15, 0.2) is 0 Å². The molecule has 0 spiro atoms. The third-order valence-electron chi connectivity index (χ3n) is 4.48. The van der Waals surface area contributed by atoms with Crippen molar-refractivity contribution in [3.63, 3.8) is 0 Å². The quantitative estimate of drug-likeness (QED) is 0.597. The molecule has 27 heavy (non-hydrogen) atoms. The van der Waals surface area contributed by atoms with Gasteiger partial charge in [0.05, 0.1) is 12.8 Å². The number of ether oxygens (including phenoxy) is 1. The Morgan fingerprint density at radius 2 is 1.74 bits per heavy atom. The molecule has 0 aliphatic carbocycles. The first-order valence-electron chi connectivity index (χ1n) is 8.07. The van der Waals surface area contributed by atoms with Crippen LogP contribution in [0.25, 0.3) is 0 Å². The lowest BCUT2D eigenvalue weighted by Crippen LogP contribution is -2.34. The average Bonchev–Trinajstić information content (AvgIpc) is 3.23. The molecule has 0 N–H and O–H groups in total. The first-order chi connectivity index (χ1) is 13.0. The number of ketones is 1. The van der Waals surface area contributed by atoms with E-state index in [-0.39, 0.29) is 5.71 Å². The summed E-state index contributed by atoms with van der Waals surface area (Å²) in [7, 11) is 1.52. The van der Waals surface area contributed by atoms with Crippen LogP contribution in [0.4, 0.5) is 5.69 Å². The van der Waals surface area contributed by atoms with Gasteiger partial charge in [-0.15, -0.1) is 0 Å². The summed E-state index contributed by atoms with van der Waals surface area (Å²) in [6.07, 6.45) is -1.13. The maximum absolute atomic E-state index is 12.9. The van der Waals surface area contributed by atoms with Crippen molar-refractivity contribution in [3.05, 3.63) is 59.1 Å². The Morgan fingerprint density at radius 3 is 2.37 bits per heavy atom. The molecule has 0 aromatic heterocycles. The molecule has 2 aliphatic rings. The molecule has 0 unspecified atom stereocenters. The molecule has 136 valence electrons. The maximum Gasteiger partial charge on any atom is 0.278 e. The Kier molecular flexibility index (Phi) is 4.16. The summed E-state index contributed by atoms with van der Waals surface area (Å²) >= 11 is 5.86. The highest BCUT2D eigenvalue weighted by atomic mass is 35.5. The van der Waals surface area contributed by atoms with Gasteiger partial charge in [0.25, 0.3) is 5.91 Å². The number of carbonyl (C=O) groups is 3. The van der Waals surface area contributed by atoms with E-state index in [1.165, 1.54) is 7.11 Å². The molecule has 8 heteroatoms. The zero-order valence-corrected chi connectivity index (χ0v) is 14.8. The molecule has 2 atom stereocenters. The van der Waals surface area contributed by atoms with Gasteiger partial charge in [-0.1, -0.05) is 16.8 Å². The van der Waals surface area contributed by atoms with Crippen molar-refractivity contribution >= 4 is 40.6 Å². The van der Waals surface area contributed by atoms with E-state index in [1.807, 2.05) is 0 Å². The van der Waals surface area contributed by atoms with Crippen molar-refractivity contribution < 1.29 is 24.0 Å². The predicted octanol–water partition coefficient (Wildman–Crippen LogP) is 2.48. The van der Waals surface area contributed by atoms with Crippen molar-refractivity contribution in [1.82, 2.24) is 0 Å². The minimum absolute atomic E-state index is 0.0834. The summed E-state index contributed by atoms with van der Waals surface area (Å²) in [4.78, 5) is 44.4. The van der Waals surface area contributed by atoms with E-state index in [4.69, 9.17) is 21.2 Å². The molecule has 1 saturated heterocycles. The van der Waals surface area contributed by atoms with Crippen LogP contribution in [0.5, 0.6) is 5.75 Å². The fourth-order valence-electron chi connectivity index (χ4n) is 3.10. The lowest BCUT2D eigenvalue weighted by atomic mass is 9.93. The standard InChI is InChI=1S/C19H13ClN2O5/c1-26-13-8-2-10(3-9-13)16(23)15-14-17(27-21-15)19(25)22(18(14)24)12-6-4-11(20)5-7-12/h2-9,14,17H,1H3/t14-,17-/m1/s1. The van der Waals surface area contributed by atoms with Crippen LogP contribution in [0.2, 0.25) is 5.02 Å². The van der Waals surface area contributed by atoms with Gasteiger partial charge < -0.3 is 9.57 Å². The Balaban J connectivity index is 1.63. The average molecular weight is 385 g/mol. The largest absolute Gasteiger partial charge is 0.497 e. The number of hydrogen-bond donors (Lipinski definition) is 0. The van der Waals surface area contributed by atoms with Crippen LogP contribution in [0, 0.1) is 5.92 Å². The number of benzene rings is 2. The molecule has 2 heterocycles. The first-order valence-corrected chi connectivity index (χ1v) is 8.45. The molecular weight excluding hydrogens is 372 g/mol. The number of carbonyl (C=O) groups excluding carboxylic acids is 3. The normalized spacial score (nSPS) is 21.0. The lowest BCUT2D eigenvalue weighted by molar-refractivity contribution is -0.126. The highest BCUT2D eigenvalue weighted by Crippen LogP contribution is 2.34. The van der Waals surface area contributed by atoms with Gasteiger partial charge in [0.2, 0.25) is 17.8 Å². The van der Waals surface area contributed by atoms with Crippen molar-refractivity contribution in [2.45, 2.75) is 6.10 Å². The summed E-state index contributed by atoms with van der Waals surface area (Å²) in [5, 5.41) is 4.21. The molecule has 0 radical (unpaired) electrons. The van der Waals surface area contributed by atoms with Gasteiger partial charge in [-0.2, -0.15) is 0 Å². The fraction of sp³-hybridized carbons (Fsp3) is 0.158. The van der Waals surface area contributed by atoms with E-state index < -0.39 is 29.6 Å². The van der Waals surface area contributed by atoms with E-state index in [1.54, 1.807) is 48.5 Å². The zero-order chi connectivity index (χ0) is 19.1. The first kappa shape index (κ1) is 17.2. The van der Waals surface area contributed by atoms with Crippen molar-refractivity contribution in [2.24, 2.45) is 11.1 Å². The van der Waals surface area contributed by atoms with E-state index >= 15 is 0 Å². The number of Topliss-reactive ketones (excluding diaryl/α,β-unsaturated/α-hetero) is 1. The van der Waals surface area contributed by atoms with Crippen LogP contribution in [0.3, 0.4) is 0 Å². The molecule has 2 aromatic rings. The number of amides is 2. The topological polar surface area (TPSA) is 85.3 Å². The molecule has 4 rings (SSSR count). The summed E-state index contributed by atoms with van der Waals surface area (Å²) in [6.45, 7) is 0. The van der Waals surface area contributed by atoms with E-state index in [0.717, 1.165) is 4.90 Å². The highest BCUT2D eigenvalue weighted by Gasteiger charge is 2.57. The second kappa shape index (κ2) is 6.51. The van der Waals surface area contributed by atoms with E-state index in [0.29, 0.717) is 22.0 Å². The Bertz CT molecular complexity index is 969. The molecule has 0 saturated carbocycles. The monoisotopic (exact) mass is 384 g/mol. The van der Waals surface area contributed by atoms with Crippen LogP contribution in [0.15, 0.2) is 53.7 Å². The second-order valence-electron chi connectivity index (χ2n) is 6.03. The SMILES string of the molecule is COc1ccc(C(=O)C2=NO[C@H]3C(=O)N(c4ccc(Cl)cc4)C(=O)[C@H]23)cc1. The molecule has 1 fully saturated rings. The van der Waals surface area contributed by atoms with E-state index in [9.17, 15) is 14.4 Å². The van der Waals surface area contributed by atoms with E-state index in [2.05, 4.69) is 5.16 Å². The minimum Gasteiger partial charge on any atom is -0.497 e. The number of methoxy groups -OCH3 is 1. The molecule has 0 bridgehead atoms. The Morgan fingerprint density at radius 1 is 1.07 bits per heavy atom. The number of anilines is 1. The molecular formula is C19H13ClN2O5. The second-order valence-corrected chi connectivity index (χ2v) is 6.46. The predicted molar refractivity (Wildman–Crippen MR) is 97.1 cm³/mol. The summed E-state index contributed by atoms with van der Waals surface area (Å²) in [5.41, 5.74) is 0.604. The van der Waals surface area contributed by atoms with Gasteiger partial charge in [-0.25, -0.2) is 4.90 Å². The summed E-state index contributed by atoms with van der Waals surface area (Å²) in [6, 6.07) is 12.6. The minimum atomic E-state index is -1.13. The number of nitrogens with zero attached hydrogens (tertiary/aromatic N) is 2. The fourth-order valence-corrected chi connectivity index (χ4v) is 3.23. The van der Waals surface area contributed by atoms with Crippen LogP contribution in [-0.4, -0.2) is 36.5 Å². The number of halogens is 1. The van der Waals surface area contributed by atoms with Crippen molar-refractivity contribution in [3.8, 4) is 5.75 Å². The highest BCUT2D eigenvalue weighted by molar-refractivity contribution is 6.52. The lowest BCUT2D eigenvalue weighted by Gasteiger charge is -2.15. The third kappa shape index (κ3) is 2.76. The molecule has 2 amide bonds. The molecule has 2 aliphatic heterocycles. The third-order valence-corrected chi connectivity index (χ3v) is 4.73. The number of rotatable bonds is 4. The van der Waals surface area contributed by atoms with Gasteiger partial charge in [-0.05, 0) is 48.5 Å². The summed E-state index contributed by atoms with van der Waals surface area (Å²) < 4.78 is 5.07. The number of oxime groups is 1. The Hall–Kier alpha value is -3.19.